The lowest BCUT2D eigenvalue weighted by Crippen LogP contribution is -2.29. The number of aromatic nitrogens is 3. The van der Waals surface area contributed by atoms with Crippen LogP contribution in [0.1, 0.15) is 23.0 Å². The summed E-state index contributed by atoms with van der Waals surface area (Å²) in [5.74, 6) is -0.219. The third kappa shape index (κ3) is 2.99. The molecule has 3 rings (SSSR count). The van der Waals surface area contributed by atoms with Crippen LogP contribution >= 0.6 is 11.3 Å². The summed E-state index contributed by atoms with van der Waals surface area (Å²) in [6, 6.07) is 9.46. The van der Waals surface area contributed by atoms with E-state index in [2.05, 4.69) is 20.9 Å². The molecule has 0 aliphatic heterocycles. The molecule has 22 heavy (non-hydrogen) atoms. The van der Waals surface area contributed by atoms with Crippen LogP contribution in [0.25, 0.3) is 5.13 Å². The number of hydrogen-bond donors (Lipinski definition) is 2. The number of rotatable bonds is 5. The van der Waals surface area contributed by atoms with Crippen LogP contribution in [0.15, 0.2) is 48.1 Å². The molecule has 0 spiro atoms. The second kappa shape index (κ2) is 6.40. The normalized spacial score (nSPS) is 10.4. The largest absolute Gasteiger partial charge is 0.298 e. The predicted octanol–water partition coefficient (Wildman–Crippen LogP) is 2.65. The number of para-hydroxylation sites is 1. The number of hydrogen-bond acceptors (Lipinski definition) is 5. The van der Waals surface area contributed by atoms with Gasteiger partial charge in [0.25, 0.3) is 5.91 Å². The van der Waals surface area contributed by atoms with Gasteiger partial charge < -0.3 is 0 Å². The van der Waals surface area contributed by atoms with Gasteiger partial charge in [-0.05, 0) is 18.6 Å². The monoisotopic (exact) mass is 313 g/mol. The van der Waals surface area contributed by atoms with E-state index in [0.29, 0.717) is 12.0 Å². The van der Waals surface area contributed by atoms with Crippen LogP contribution in [0.2, 0.25) is 0 Å². The quantitative estimate of drug-likeness (QED) is 0.710. The van der Waals surface area contributed by atoms with Crippen molar-refractivity contribution in [3.8, 4) is 5.13 Å². The number of nitrogens with one attached hydrogen (secondary N) is 2. The third-order valence-corrected chi connectivity index (χ3v) is 3.84. The second-order valence-corrected chi connectivity index (χ2v) is 5.42. The molecular weight excluding hydrogens is 298 g/mol. The Labute approximate surface area is 131 Å². The molecule has 0 atom stereocenters. The average molecular weight is 313 g/mol. The first-order valence-corrected chi connectivity index (χ1v) is 7.75. The van der Waals surface area contributed by atoms with E-state index in [1.165, 1.54) is 11.3 Å². The first kappa shape index (κ1) is 14.3. The molecule has 0 aliphatic rings. The van der Waals surface area contributed by atoms with Crippen LogP contribution in [0.3, 0.4) is 0 Å². The molecular formula is C15H15N5OS. The first-order chi connectivity index (χ1) is 10.8. The van der Waals surface area contributed by atoms with E-state index < -0.39 is 0 Å². The lowest BCUT2D eigenvalue weighted by atomic mass is 10.2. The molecule has 2 heterocycles. The Kier molecular flexibility index (Phi) is 4.15. The van der Waals surface area contributed by atoms with Crippen LogP contribution in [0, 0.1) is 0 Å². The average Bonchev–Trinajstić information content (AvgIpc) is 3.22. The summed E-state index contributed by atoms with van der Waals surface area (Å²) in [6.45, 7) is 1.97. The Morgan fingerprint density at radius 3 is 2.82 bits per heavy atom. The van der Waals surface area contributed by atoms with Crippen LogP contribution in [-0.2, 0) is 6.42 Å². The zero-order chi connectivity index (χ0) is 15.4. The molecule has 2 N–H and O–H groups in total. The fourth-order valence-electron chi connectivity index (χ4n) is 2.01. The molecule has 0 unspecified atom stereocenters. The number of carbonyl (C=O) groups excluding carboxylic acids is 1. The van der Waals surface area contributed by atoms with E-state index in [-0.39, 0.29) is 5.91 Å². The van der Waals surface area contributed by atoms with Gasteiger partial charge >= 0.3 is 0 Å². The zero-order valence-electron chi connectivity index (χ0n) is 12.0. The Morgan fingerprint density at radius 2 is 2.14 bits per heavy atom. The minimum absolute atomic E-state index is 0.219. The number of hydrazine groups is 1. The highest BCUT2D eigenvalue weighted by Crippen LogP contribution is 2.15. The SMILES string of the molecule is CCc1nn(-c2nccs2)cc1C(=O)NNc1ccccc1. The molecule has 6 nitrogen and oxygen atoms in total. The van der Waals surface area contributed by atoms with Crippen LogP contribution in [0.5, 0.6) is 0 Å². The minimum atomic E-state index is -0.219. The highest BCUT2D eigenvalue weighted by atomic mass is 32.1. The third-order valence-electron chi connectivity index (χ3n) is 3.08. The molecule has 0 aliphatic carbocycles. The van der Waals surface area contributed by atoms with Crippen LogP contribution in [-0.4, -0.2) is 20.7 Å². The fourth-order valence-corrected chi connectivity index (χ4v) is 2.57. The van der Waals surface area contributed by atoms with Gasteiger partial charge in [0, 0.05) is 17.8 Å². The van der Waals surface area contributed by atoms with Crippen molar-refractivity contribution in [2.24, 2.45) is 0 Å². The molecule has 0 saturated heterocycles. The van der Waals surface area contributed by atoms with Crippen molar-refractivity contribution >= 4 is 22.9 Å². The molecule has 0 saturated carbocycles. The zero-order valence-corrected chi connectivity index (χ0v) is 12.8. The molecule has 112 valence electrons. The number of benzene rings is 1. The van der Waals surface area contributed by atoms with Gasteiger partial charge in [-0.1, -0.05) is 25.1 Å². The van der Waals surface area contributed by atoms with Crippen molar-refractivity contribution in [1.29, 1.82) is 0 Å². The van der Waals surface area contributed by atoms with Crippen molar-refractivity contribution < 1.29 is 4.79 Å². The Hall–Kier alpha value is -2.67. The van der Waals surface area contributed by atoms with Gasteiger partial charge in [-0.2, -0.15) is 5.10 Å². The smallest absolute Gasteiger partial charge is 0.273 e. The Morgan fingerprint density at radius 1 is 1.32 bits per heavy atom. The molecule has 0 radical (unpaired) electrons. The molecule has 1 aromatic carbocycles. The minimum Gasteiger partial charge on any atom is -0.298 e. The van der Waals surface area contributed by atoms with Crippen molar-refractivity contribution in [2.45, 2.75) is 13.3 Å². The number of anilines is 1. The van der Waals surface area contributed by atoms with E-state index in [4.69, 9.17) is 0 Å². The van der Waals surface area contributed by atoms with E-state index >= 15 is 0 Å². The maximum absolute atomic E-state index is 12.3. The summed E-state index contributed by atoms with van der Waals surface area (Å²) < 4.78 is 1.64. The summed E-state index contributed by atoms with van der Waals surface area (Å²) in [5, 5.41) is 7.04. The molecule has 1 amide bonds. The Bertz CT molecular complexity index is 752. The fraction of sp³-hybridized carbons (Fsp3) is 0.133. The predicted molar refractivity (Wildman–Crippen MR) is 86.1 cm³/mol. The molecule has 3 aromatic rings. The number of nitrogens with zero attached hydrogens (tertiary/aromatic N) is 3. The summed E-state index contributed by atoms with van der Waals surface area (Å²) in [4.78, 5) is 16.5. The number of aryl methyl sites for hydroxylation is 1. The van der Waals surface area contributed by atoms with E-state index in [0.717, 1.165) is 16.5 Å². The van der Waals surface area contributed by atoms with Crippen molar-refractivity contribution in [1.82, 2.24) is 20.2 Å². The molecule has 0 bridgehead atoms. The van der Waals surface area contributed by atoms with Gasteiger partial charge in [-0.25, -0.2) is 9.67 Å². The summed E-state index contributed by atoms with van der Waals surface area (Å²) >= 11 is 1.47. The van der Waals surface area contributed by atoms with Gasteiger partial charge in [0.05, 0.1) is 16.9 Å². The number of amides is 1. The topological polar surface area (TPSA) is 71.8 Å². The lowest BCUT2D eigenvalue weighted by Gasteiger charge is -2.07. The van der Waals surface area contributed by atoms with Gasteiger partial charge in [0.2, 0.25) is 5.13 Å². The number of carbonyl (C=O) groups is 1. The maximum Gasteiger partial charge on any atom is 0.273 e. The van der Waals surface area contributed by atoms with Crippen LogP contribution in [0.4, 0.5) is 5.69 Å². The number of thiazole rings is 1. The first-order valence-electron chi connectivity index (χ1n) is 6.87. The van der Waals surface area contributed by atoms with Crippen LogP contribution < -0.4 is 10.9 Å². The van der Waals surface area contributed by atoms with Gasteiger partial charge in [0.1, 0.15) is 0 Å². The highest BCUT2D eigenvalue weighted by molar-refractivity contribution is 7.12. The summed E-state index contributed by atoms with van der Waals surface area (Å²) in [6.07, 6.45) is 4.09. The van der Waals surface area contributed by atoms with Gasteiger partial charge in [-0.3, -0.25) is 15.6 Å². The van der Waals surface area contributed by atoms with E-state index in [1.54, 1.807) is 17.1 Å². The Balaban J connectivity index is 1.77. The van der Waals surface area contributed by atoms with E-state index in [1.807, 2.05) is 42.6 Å². The van der Waals surface area contributed by atoms with Crippen molar-refractivity contribution in [3.63, 3.8) is 0 Å². The summed E-state index contributed by atoms with van der Waals surface area (Å²) in [7, 11) is 0. The highest BCUT2D eigenvalue weighted by Gasteiger charge is 2.16. The summed E-state index contributed by atoms with van der Waals surface area (Å²) in [5.41, 5.74) is 7.68. The molecule has 2 aromatic heterocycles. The van der Waals surface area contributed by atoms with Gasteiger partial charge in [0.15, 0.2) is 0 Å². The van der Waals surface area contributed by atoms with Gasteiger partial charge in [-0.15, -0.1) is 11.3 Å². The lowest BCUT2D eigenvalue weighted by molar-refractivity contribution is 0.0962. The molecule has 7 heteroatoms. The van der Waals surface area contributed by atoms with E-state index in [9.17, 15) is 4.79 Å². The van der Waals surface area contributed by atoms with Crippen molar-refractivity contribution in [3.05, 3.63) is 59.4 Å². The van der Waals surface area contributed by atoms with Crippen molar-refractivity contribution in [2.75, 3.05) is 5.43 Å². The molecule has 0 fully saturated rings. The maximum atomic E-state index is 12.3. The second-order valence-electron chi connectivity index (χ2n) is 4.55. The standard InChI is InChI=1S/C15H15N5OS/c1-2-13-12(10-20(19-13)15-16-8-9-22-15)14(21)18-17-11-6-4-3-5-7-11/h3-10,17H,2H2,1H3,(H,18,21).